The lowest BCUT2D eigenvalue weighted by Crippen LogP contribution is -1.97. The second-order valence-corrected chi connectivity index (χ2v) is 2.88. The van der Waals surface area contributed by atoms with E-state index in [1.807, 2.05) is 0 Å². The minimum Gasteiger partial charge on any atom is -0.490 e. The van der Waals surface area contributed by atoms with Crippen LogP contribution in [0.2, 0.25) is 0 Å². The number of carbonyl (C=O) groups is 1. The molecule has 1 aliphatic rings. The van der Waals surface area contributed by atoms with Crippen LogP contribution >= 0.6 is 0 Å². The summed E-state index contributed by atoms with van der Waals surface area (Å²) in [6.07, 6.45) is -0.627. The second-order valence-electron chi connectivity index (χ2n) is 2.88. The fourth-order valence-corrected chi connectivity index (χ4v) is 1.33. The molecule has 0 amide bonds. The number of carboxylic acids is 1. The van der Waals surface area contributed by atoms with E-state index in [1.165, 1.54) is 12.1 Å². The first-order valence-corrected chi connectivity index (χ1v) is 3.86. The molecule has 68 valence electrons. The van der Waals surface area contributed by atoms with Crippen LogP contribution in [0, 0.1) is 0 Å². The van der Waals surface area contributed by atoms with E-state index in [0.29, 0.717) is 11.3 Å². The lowest BCUT2D eigenvalue weighted by atomic mass is 10.1. The first kappa shape index (κ1) is 8.07. The molecule has 1 heterocycles. The lowest BCUT2D eigenvalue weighted by Gasteiger charge is -2.00. The zero-order chi connectivity index (χ0) is 9.42. The van der Waals surface area contributed by atoms with Crippen LogP contribution in [-0.2, 0) is 0 Å². The van der Waals surface area contributed by atoms with Gasteiger partial charge in [0.15, 0.2) is 0 Å². The predicted octanol–water partition coefficient (Wildman–Crippen LogP) is 0.811. The van der Waals surface area contributed by atoms with Gasteiger partial charge in [-0.3, -0.25) is 0 Å². The maximum atomic E-state index is 10.6. The highest BCUT2D eigenvalue weighted by atomic mass is 16.5. The third-order valence-electron chi connectivity index (χ3n) is 2.02. The number of hydrogen-bond acceptors (Lipinski definition) is 3. The van der Waals surface area contributed by atoms with Crippen LogP contribution in [0.15, 0.2) is 18.2 Å². The number of benzene rings is 1. The number of aromatic carboxylic acids is 1. The summed E-state index contributed by atoms with van der Waals surface area (Å²) in [6, 6.07) is 4.46. The lowest BCUT2D eigenvalue weighted by molar-refractivity contribution is 0.0696. The van der Waals surface area contributed by atoms with Gasteiger partial charge in [0.05, 0.1) is 5.56 Å². The molecule has 2 rings (SSSR count). The summed E-state index contributed by atoms with van der Waals surface area (Å²) in [7, 11) is 0. The molecule has 1 aromatic rings. The number of hydrogen-bond donors (Lipinski definition) is 2. The average Bonchev–Trinajstić information content (AvgIpc) is 2.47. The molecule has 1 atom stereocenters. The van der Waals surface area contributed by atoms with E-state index >= 15 is 0 Å². The summed E-state index contributed by atoms with van der Waals surface area (Å²) in [5.74, 6) is -0.528. The molecule has 0 spiro atoms. The third-order valence-corrected chi connectivity index (χ3v) is 2.02. The van der Waals surface area contributed by atoms with Gasteiger partial charge in [-0.25, -0.2) is 4.79 Å². The fourth-order valence-electron chi connectivity index (χ4n) is 1.33. The van der Waals surface area contributed by atoms with Crippen LogP contribution in [0.3, 0.4) is 0 Å². The third kappa shape index (κ3) is 1.25. The average molecular weight is 180 g/mol. The highest BCUT2D eigenvalue weighted by molar-refractivity contribution is 5.88. The minimum absolute atomic E-state index is 0.174. The standard InChI is InChI=1S/C9H8O4/c10-7-4-13-8-3-5(9(11)12)1-2-6(7)8/h1-3,7,10H,4H2,(H,11,12). The Labute approximate surface area is 74.4 Å². The number of rotatable bonds is 1. The number of aliphatic hydroxyl groups excluding tert-OH is 1. The van der Waals surface area contributed by atoms with E-state index in [2.05, 4.69) is 0 Å². The van der Waals surface area contributed by atoms with Gasteiger partial charge in [0.1, 0.15) is 18.5 Å². The normalized spacial score (nSPS) is 19.3. The summed E-state index contributed by atoms with van der Waals surface area (Å²) in [4.78, 5) is 10.6. The van der Waals surface area contributed by atoms with Crippen molar-refractivity contribution in [1.29, 1.82) is 0 Å². The molecule has 0 aliphatic carbocycles. The summed E-state index contributed by atoms with van der Waals surface area (Å²) in [5, 5.41) is 18.0. The molecule has 0 fully saturated rings. The maximum Gasteiger partial charge on any atom is 0.335 e. The van der Waals surface area contributed by atoms with Crippen LogP contribution in [-0.4, -0.2) is 22.8 Å². The van der Waals surface area contributed by atoms with Crippen molar-refractivity contribution in [2.75, 3.05) is 6.61 Å². The first-order chi connectivity index (χ1) is 6.18. The summed E-state index contributed by atoms with van der Waals surface area (Å²) in [6.45, 7) is 0.207. The van der Waals surface area contributed by atoms with Gasteiger partial charge in [0.2, 0.25) is 0 Å². The van der Waals surface area contributed by atoms with Crippen LogP contribution in [0.25, 0.3) is 0 Å². The van der Waals surface area contributed by atoms with E-state index in [4.69, 9.17) is 9.84 Å². The van der Waals surface area contributed by atoms with Crippen molar-refractivity contribution in [3.05, 3.63) is 29.3 Å². The number of ether oxygens (including phenoxy) is 1. The first-order valence-electron chi connectivity index (χ1n) is 3.86. The molecular formula is C9H8O4. The number of fused-ring (bicyclic) bond motifs is 1. The Morgan fingerprint density at radius 2 is 2.31 bits per heavy atom. The molecule has 1 aromatic carbocycles. The maximum absolute atomic E-state index is 10.6. The number of carboxylic acid groups (broad SMARTS) is 1. The molecule has 0 saturated carbocycles. The van der Waals surface area contributed by atoms with Crippen LogP contribution in [0.5, 0.6) is 5.75 Å². The molecule has 4 heteroatoms. The number of aliphatic hydroxyl groups is 1. The Balaban J connectivity index is 2.45. The Morgan fingerprint density at radius 1 is 1.54 bits per heavy atom. The second kappa shape index (κ2) is 2.74. The smallest absolute Gasteiger partial charge is 0.335 e. The zero-order valence-electron chi connectivity index (χ0n) is 6.73. The van der Waals surface area contributed by atoms with E-state index in [0.717, 1.165) is 0 Å². The quantitative estimate of drug-likeness (QED) is 0.671. The van der Waals surface area contributed by atoms with Gasteiger partial charge in [-0.1, -0.05) is 6.07 Å². The molecule has 0 radical (unpaired) electrons. The zero-order valence-corrected chi connectivity index (χ0v) is 6.73. The van der Waals surface area contributed by atoms with Crippen molar-refractivity contribution >= 4 is 5.97 Å². The minimum atomic E-state index is -0.993. The summed E-state index contributed by atoms with van der Waals surface area (Å²) >= 11 is 0. The summed E-state index contributed by atoms with van der Waals surface area (Å²) < 4.78 is 5.09. The monoisotopic (exact) mass is 180 g/mol. The van der Waals surface area contributed by atoms with Crippen LogP contribution < -0.4 is 4.74 Å². The van der Waals surface area contributed by atoms with Crippen molar-refractivity contribution in [3.63, 3.8) is 0 Å². The SMILES string of the molecule is O=C(O)c1ccc2c(c1)OCC2O. The highest BCUT2D eigenvalue weighted by Gasteiger charge is 2.22. The van der Waals surface area contributed by atoms with Gasteiger partial charge >= 0.3 is 5.97 Å². The molecular weight excluding hydrogens is 172 g/mol. The molecule has 0 aromatic heterocycles. The Morgan fingerprint density at radius 3 is 3.00 bits per heavy atom. The van der Waals surface area contributed by atoms with E-state index in [1.54, 1.807) is 6.07 Å². The molecule has 13 heavy (non-hydrogen) atoms. The molecule has 0 bridgehead atoms. The Bertz CT molecular complexity index is 359. The van der Waals surface area contributed by atoms with Gasteiger partial charge in [-0.05, 0) is 12.1 Å². The van der Waals surface area contributed by atoms with Crippen molar-refractivity contribution < 1.29 is 19.7 Å². The van der Waals surface area contributed by atoms with E-state index in [9.17, 15) is 9.90 Å². The van der Waals surface area contributed by atoms with E-state index < -0.39 is 12.1 Å². The largest absolute Gasteiger partial charge is 0.490 e. The Kier molecular flexibility index (Phi) is 1.70. The molecule has 0 saturated heterocycles. The van der Waals surface area contributed by atoms with Gasteiger partial charge in [-0.15, -0.1) is 0 Å². The topological polar surface area (TPSA) is 66.8 Å². The van der Waals surface area contributed by atoms with Gasteiger partial charge in [0, 0.05) is 5.56 Å². The van der Waals surface area contributed by atoms with Gasteiger partial charge < -0.3 is 14.9 Å². The Hall–Kier alpha value is -1.55. The van der Waals surface area contributed by atoms with E-state index in [-0.39, 0.29) is 12.2 Å². The van der Waals surface area contributed by atoms with Crippen molar-refractivity contribution in [2.24, 2.45) is 0 Å². The molecule has 1 unspecified atom stereocenters. The van der Waals surface area contributed by atoms with Gasteiger partial charge in [-0.2, -0.15) is 0 Å². The van der Waals surface area contributed by atoms with Crippen LogP contribution in [0.4, 0.5) is 0 Å². The van der Waals surface area contributed by atoms with Crippen molar-refractivity contribution in [1.82, 2.24) is 0 Å². The predicted molar refractivity (Wildman–Crippen MR) is 43.9 cm³/mol. The molecule has 2 N–H and O–H groups in total. The van der Waals surface area contributed by atoms with Gasteiger partial charge in [0.25, 0.3) is 0 Å². The fraction of sp³-hybridized carbons (Fsp3) is 0.222. The highest BCUT2D eigenvalue weighted by Crippen LogP contribution is 2.32. The summed E-state index contributed by atoms with van der Waals surface area (Å²) in [5.41, 5.74) is 0.831. The van der Waals surface area contributed by atoms with Crippen LogP contribution in [0.1, 0.15) is 22.0 Å². The van der Waals surface area contributed by atoms with Crippen molar-refractivity contribution in [2.45, 2.75) is 6.10 Å². The molecule has 1 aliphatic heterocycles. The molecule has 4 nitrogen and oxygen atoms in total. The van der Waals surface area contributed by atoms with Crippen molar-refractivity contribution in [3.8, 4) is 5.75 Å².